The summed E-state index contributed by atoms with van der Waals surface area (Å²) in [5, 5.41) is 4.06. The van der Waals surface area contributed by atoms with Crippen LogP contribution < -0.4 is 15.0 Å². The van der Waals surface area contributed by atoms with E-state index in [0.29, 0.717) is 16.2 Å². The summed E-state index contributed by atoms with van der Waals surface area (Å²) in [5.41, 5.74) is 0.967. The van der Waals surface area contributed by atoms with Crippen molar-refractivity contribution in [2.75, 3.05) is 12.0 Å². The molecule has 5 rings (SSSR count). The lowest BCUT2D eigenvalue weighted by Gasteiger charge is -2.33. The number of nitrogens with zero attached hydrogens (tertiary/aromatic N) is 2. The van der Waals surface area contributed by atoms with Crippen molar-refractivity contribution in [1.29, 1.82) is 0 Å². The Balaban J connectivity index is 1.50. The first kappa shape index (κ1) is 19.8. The molecule has 1 fully saturated rings. The highest BCUT2D eigenvalue weighted by molar-refractivity contribution is 8.09. The Morgan fingerprint density at radius 1 is 1.23 bits per heavy atom. The minimum Gasteiger partial charge on any atom is -0.494 e. The van der Waals surface area contributed by atoms with Gasteiger partial charge in [-0.1, -0.05) is 35.9 Å². The smallest absolute Gasteiger partial charge is 0.329 e. The quantitative estimate of drug-likeness (QED) is 0.624. The van der Waals surface area contributed by atoms with E-state index >= 15 is 0 Å². The normalized spacial score (nSPS) is 20.5. The van der Waals surface area contributed by atoms with Gasteiger partial charge in [0.2, 0.25) is 0 Å². The van der Waals surface area contributed by atoms with E-state index in [4.69, 9.17) is 16.3 Å². The van der Waals surface area contributed by atoms with Crippen LogP contribution in [0.15, 0.2) is 54.9 Å². The first-order valence-electron chi connectivity index (χ1n) is 9.37. The van der Waals surface area contributed by atoms with Gasteiger partial charge in [0, 0.05) is 27.4 Å². The fourth-order valence-corrected chi connectivity index (χ4v) is 5.39. The number of halogens is 2. The Labute approximate surface area is 186 Å². The molecule has 2 atom stereocenters. The number of fused-ring (bicyclic) bond motifs is 2. The van der Waals surface area contributed by atoms with Gasteiger partial charge in [0.15, 0.2) is 11.6 Å². The summed E-state index contributed by atoms with van der Waals surface area (Å²) in [6, 6.07) is 9.06. The van der Waals surface area contributed by atoms with Gasteiger partial charge in [-0.25, -0.2) is 14.1 Å². The first-order chi connectivity index (χ1) is 15.0. The average molecular weight is 456 g/mol. The van der Waals surface area contributed by atoms with E-state index in [9.17, 15) is 14.0 Å². The highest BCUT2D eigenvalue weighted by Crippen LogP contribution is 2.45. The molecule has 6 nitrogen and oxygen atoms in total. The third-order valence-corrected chi connectivity index (χ3v) is 6.93. The largest absolute Gasteiger partial charge is 0.494 e. The Kier molecular flexibility index (Phi) is 4.83. The number of hydrogen-bond acceptors (Lipinski definition) is 5. The number of anilines is 1. The zero-order valence-corrected chi connectivity index (χ0v) is 17.7. The molecule has 9 heteroatoms. The summed E-state index contributed by atoms with van der Waals surface area (Å²) in [7, 11) is 1.37. The SMILES string of the molecule is COc1cc(C2=CC3NC(=O)N(c4cncc5ccccc45)C(=O)C3S2)c(Cl)cc1F. The van der Waals surface area contributed by atoms with Crippen molar-refractivity contribution in [1.82, 2.24) is 10.3 Å². The highest BCUT2D eigenvalue weighted by atomic mass is 35.5. The van der Waals surface area contributed by atoms with Crippen LogP contribution in [0.3, 0.4) is 0 Å². The fourth-order valence-electron chi connectivity index (χ4n) is 3.79. The second-order valence-corrected chi connectivity index (χ2v) is 8.66. The van der Waals surface area contributed by atoms with Crippen LogP contribution in [-0.2, 0) is 4.79 Å². The van der Waals surface area contributed by atoms with Crippen molar-refractivity contribution >= 4 is 56.7 Å². The number of aromatic nitrogens is 1. The van der Waals surface area contributed by atoms with Crippen LogP contribution >= 0.6 is 23.4 Å². The molecule has 0 radical (unpaired) electrons. The van der Waals surface area contributed by atoms with E-state index in [-0.39, 0.29) is 16.7 Å². The zero-order valence-electron chi connectivity index (χ0n) is 16.1. The van der Waals surface area contributed by atoms with E-state index in [1.807, 2.05) is 24.3 Å². The monoisotopic (exact) mass is 455 g/mol. The van der Waals surface area contributed by atoms with E-state index in [1.165, 1.54) is 37.2 Å². The van der Waals surface area contributed by atoms with E-state index in [2.05, 4.69) is 10.3 Å². The van der Waals surface area contributed by atoms with E-state index in [0.717, 1.165) is 15.7 Å². The molecule has 0 spiro atoms. The Morgan fingerprint density at radius 3 is 2.84 bits per heavy atom. The maximum atomic E-state index is 13.9. The summed E-state index contributed by atoms with van der Waals surface area (Å²) in [6.45, 7) is 0. The van der Waals surface area contributed by atoms with E-state index < -0.39 is 23.1 Å². The summed E-state index contributed by atoms with van der Waals surface area (Å²) < 4.78 is 19.0. The maximum absolute atomic E-state index is 13.9. The molecule has 3 amide bonds. The minimum atomic E-state index is -0.584. The molecule has 2 aliphatic rings. The number of carbonyl (C=O) groups is 2. The van der Waals surface area contributed by atoms with Crippen molar-refractivity contribution in [3.63, 3.8) is 0 Å². The van der Waals surface area contributed by atoms with Crippen LogP contribution in [0.4, 0.5) is 14.9 Å². The number of nitrogens with one attached hydrogen (secondary N) is 1. The van der Waals surface area contributed by atoms with Crippen molar-refractivity contribution in [3.05, 3.63) is 71.3 Å². The number of amides is 3. The predicted molar refractivity (Wildman–Crippen MR) is 119 cm³/mol. The number of hydrogen-bond donors (Lipinski definition) is 1. The first-order valence-corrected chi connectivity index (χ1v) is 10.6. The molecule has 1 saturated heterocycles. The van der Waals surface area contributed by atoms with Crippen LogP contribution in [0.1, 0.15) is 5.56 Å². The van der Waals surface area contributed by atoms with Gasteiger partial charge < -0.3 is 10.1 Å². The maximum Gasteiger partial charge on any atom is 0.329 e. The Morgan fingerprint density at radius 2 is 2.03 bits per heavy atom. The van der Waals surface area contributed by atoms with Crippen LogP contribution in [0.2, 0.25) is 5.02 Å². The molecule has 2 unspecified atom stereocenters. The molecule has 156 valence electrons. The molecular formula is C22H15ClFN3O3S. The number of benzene rings is 2. The Hall–Kier alpha value is -3.10. The number of pyridine rings is 1. The number of ether oxygens (including phenoxy) is 1. The number of imide groups is 1. The topological polar surface area (TPSA) is 71.5 Å². The molecule has 0 bridgehead atoms. The summed E-state index contributed by atoms with van der Waals surface area (Å²) in [5.74, 6) is -0.876. The molecule has 0 aliphatic carbocycles. The lowest BCUT2D eigenvalue weighted by molar-refractivity contribution is -0.118. The number of thioether (sulfide) groups is 1. The molecule has 3 heterocycles. The molecule has 2 aromatic carbocycles. The van der Waals surface area contributed by atoms with Crippen LogP contribution in [0.5, 0.6) is 5.75 Å². The second kappa shape index (κ2) is 7.55. The lowest BCUT2D eigenvalue weighted by atomic mass is 10.1. The van der Waals surface area contributed by atoms with Gasteiger partial charge in [0.05, 0.1) is 30.1 Å². The van der Waals surface area contributed by atoms with Gasteiger partial charge in [-0.15, -0.1) is 11.8 Å². The van der Waals surface area contributed by atoms with Crippen molar-refractivity contribution in [2.45, 2.75) is 11.3 Å². The van der Waals surface area contributed by atoms with Crippen molar-refractivity contribution < 1.29 is 18.7 Å². The predicted octanol–water partition coefficient (Wildman–Crippen LogP) is 4.62. The van der Waals surface area contributed by atoms with Gasteiger partial charge in [0.1, 0.15) is 5.25 Å². The molecule has 1 aromatic heterocycles. The minimum absolute atomic E-state index is 0.0505. The van der Waals surface area contributed by atoms with Gasteiger partial charge in [-0.3, -0.25) is 9.78 Å². The summed E-state index contributed by atoms with van der Waals surface area (Å²) >= 11 is 7.52. The number of carbonyl (C=O) groups excluding carboxylic acids is 2. The molecule has 2 aliphatic heterocycles. The van der Waals surface area contributed by atoms with Crippen molar-refractivity contribution in [3.8, 4) is 5.75 Å². The summed E-state index contributed by atoms with van der Waals surface area (Å²) in [6.07, 6.45) is 4.96. The third kappa shape index (κ3) is 3.23. The van der Waals surface area contributed by atoms with Crippen LogP contribution in [-0.4, -0.2) is 35.3 Å². The molecular weight excluding hydrogens is 441 g/mol. The van der Waals surface area contributed by atoms with Crippen LogP contribution in [0, 0.1) is 5.82 Å². The molecule has 3 aromatic rings. The second-order valence-electron chi connectivity index (χ2n) is 7.06. The standard InChI is InChI=1S/C22H15ClFN3O3S/c1-30-18-6-13(14(23)7-15(18)24)19-8-16-20(31-19)21(28)27(22(29)26-16)17-10-25-9-11-4-2-3-5-12(11)17/h2-10,16,20H,1H3,(H,26,29). The summed E-state index contributed by atoms with van der Waals surface area (Å²) in [4.78, 5) is 32.2. The van der Waals surface area contributed by atoms with E-state index in [1.54, 1.807) is 12.3 Å². The zero-order chi connectivity index (χ0) is 21.7. The van der Waals surface area contributed by atoms with Crippen LogP contribution in [0.25, 0.3) is 15.7 Å². The van der Waals surface area contributed by atoms with Crippen molar-refractivity contribution in [2.24, 2.45) is 0 Å². The van der Waals surface area contributed by atoms with Gasteiger partial charge in [0.25, 0.3) is 5.91 Å². The molecule has 1 N–H and O–H groups in total. The third-order valence-electron chi connectivity index (χ3n) is 5.26. The number of rotatable bonds is 3. The van der Waals surface area contributed by atoms with Gasteiger partial charge >= 0.3 is 6.03 Å². The average Bonchev–Trinajstić information content (AvgIpc) is 3.18. The Bertz CT molecular complexity index is 1280. The molecule has 0 saturated carbocycles. The highest BCUT2D eigenvalue weighted by Gasteiger charge is 2.46. The lowest BCUT2D eigenvalue weighted by Crippen LogP contribution is -2.60. The fraction of sp³-hybridized carbons (Fsp3) is 0.136. The number of methoxy groups -OCH3 is 1. The molecule has 31 heavy (non-hydrogen) atoms. The van der Waals surface area contributed by atoms with Gasteiger partial charge in [-0.05, 0) is 18.2 Å². The number of urea groups is 1. The van der Waals surface area contributed by atoms with Gasteiger partial charge in [-0.2, -0.15) is 0 Å².